The van der Waals surface area contributed by atoms with Crippen molar-refractivity contribution in [2.75, 3.05) is 32.7 Å². The van der Waals surface area contributed by atoms with Gasteiger partial charge >= 0.3 is 6.18 Å². The lowest BCUT2D eigenvalue weighted by molar-refractivity contribution is -0.183. The highest BCUT2D eigenvalue weighted by atomic mass is 19.4. The van der Waals surface area contributed by atoms with Crippen LogP contribution in [0.15, 0.2) is 0 Å². The third kappa shape index (κ3) is 3.37. The van der Waals surface area contributed by atoms with Crippen molar-refractivity contribution >= 4 is 11.8 Å². The van der Waals surface area contributed by atoms with Crippen molar-refractivity contribution in [3.05, 3.63) is 0 Å². The van der Waals surface area contributed by atoms with Crippen LogP contribution in [0.5, 0.6) is 0 Å². The van der Waals surface area contributed by atoms with Crippen LogP contribution < -0.4 is 5.32 Å². The molecule has 1 N–H and O–H groups in total. The Bertz CT molecular complexity index is 373. The van der Waals surface area contributed by atoms with Gasteiger partial charge in [-0.25, -0.2) is 0 Å². The molecule has 108 valence electrons. The Morgan fingerprint density at radius 2 is 2.11 bits per heavy atom. The maximum absolute atomic E-state index is 12.7. The number of carbonyl (C=O) groups excluding carboxylic acids is 2. The molecule has 5 nitrogen and oxygen atoms in total. The summed E-state index contributed by atoms with van der Waals surface area (Å²) < 4.78 is 38.2. The lowest BCUT2D eigenvalue weighted by atomic mass is 10.2. The number of piperazine rings is 1. The fourth-order valence-corrected chi connectivity index (χ4v) is 2.51. The molecule has 0 aliphatic carbocycles. The number of alkyl halides is 3. The molecule has 2 rings (SSSR count). The van der Waals surface area contributed by atoms with Crippen molar-refractivity contribution < 1.29 is 22.8 Å². The van der Waals surface area contributed by atoms with Crippen LogP contribution >= 0.6 is 0 Å². The number of hydrogen-bond acceptors (Lipinski definition) is 3. The molecule has 0 bridgehead atoms. The van der Waals surface area contributed by atoms with Gasteiger partial charge in [0.1, 0.15) is 6.04 Å². The van der Waals surface area contributed by atoms with E-state index in [4.69, 9.17) is 0 Å². The van der Waals surface area contributed by atoms with E-state index < -0.39 is 18.1 Å². The smallest absolute Gasteiger partial charge is 0.354 e. The summed E-state index contributed by atoms with van der Waals surface area (Å²) >= 11 is 0. The van der Waals surface area contributed by atoms with Gasteiger partial charge in [0.15, 0.2) is 0 Å². The maximum atomic E-state index is 12.7. The second kappa shape index (κ2) is 5.36. The first kappa shape index (κ1) is 14.1. The summed E-state index contributed by atoms with van der Waals surface area (Å²) in [5.74, 6) is -0.748. The number of carbonyl (C=O) groups is 2. The maximum Gasteiger partial charge on any atom is 0.408 e. The zero-order valence-corrected chi connectivity index (χ0v) is 10.4. The predicted molar refractivity (Wildman–Crippen MR) is 60.2 cm³/mol. The number of nitrogens with zero attached hydrogens (tertiary/aromatic N) is 2. The van der Waals surface area contributed by atoms with E-state index >= 15 is 0 Å². The predicted octanol–water partition coefficient (Wildman–Crippen LogP) is -0.0285. The van der Waals surface area contributed by atoms with Crippen LogP contribution in [0.3, 0.4) is 0 Å². The largest absolute Gasteiger partial charge is 0.408 e. The summed E-state index contributed by atoms with van der Waals surface area (Å²) in [4.78, 5) is 25.5. The molecule has 0 spiro atoms. The van der Waals surface area contributed by atoms with Crippen molar-refractivity contribution in [3.8, 4) is 0 Å². The van der Waals surface area contributed by atoms with Crippen molar-refractivity contribution in [1.82, 2.24) is 15.1 Å². The van der Waals surface area contributed by atoms with E-state index in [9.17, 15) is 22.8 Å². The summed E-state index contributed by atoms with van der Waals surface area (Å²) in [6.45, 7) is 0.996. The molecule has 8 heteroatoms. The molecule has 0 radical (unpaired) electrons. The van der Waals surface area contributed by atoms with Crippen LogP contribution in [-0.2, 0) is 9.59 Å². The van der Waals surface area contributed by atoms with Crippen molar-refractivity contribution in [1.29, 1.82) is 0 Å². The second-order valence-electron chi connectivity index (χ2n) is 4.85. The third-order valence-corrected chi connectivity index (χ3v) is 3.43. The topological polar surface area (TPSA) is 52.7 Å². The van der Waals surface area contributed by atoms with Crippen LogP contribution in [0, 0.1) is 0 Å². The zero-order valence-electron chi connectivity index (χ0n) is 10.4. The monoisotopic (exact) mass is 279 g/mol. The number of likely N-dealkylation sites (tertiary alicyclic amines) is 1. The van der Waals surface area contributed by atoms with Crippen LogP contribution in [0.1, 0.15) is 12.8 Å². The minimum atomic E-state index is -4.37. The second-order valence-corrected chi connectivity index (χ2v) is 4.85. The van der Waals surface area contributed by atoms with E-state index in [1.807, 2.05) is 0 Å². The highest BCUT2D eigenvalue weighted by Gasteiger charge is 2.47. The molecule has 0 aromatic carbocycles. The summed E-state index contributed by atoms with van der Waals surface area (Å²) in [6.07, 6.45) is -4.03. The SMILES string of the molecule is O=C1CN(CC(=O)N2CCC[C@H]2C(F)(F)F)CCN1. The summed E-state index contributed by atoms with van der Waals surface area (Å²) in [7, 11) is 0. The Kier molecular flexibility index (Phi) is 3.98. The Hall–Kier alpha value is -1.31. The molecule has 2 saturated heterocycles. The highest BCUT2D eigenvalue weighted by molar-refractivity contribution is 5.82. The molecule has 2 aliphatic rings. The first-order chi connectivity index (χ1) is 8.88. The number of amides is 2. The average Bonchev–Trinajstić information content (AvgIpc) is 2.77. The molecule has 2 fully saturated rings. The lowest BCUT2D eigenvalue weighted by Gasteiger charge is -2.31. The fraction of sp³-hybridized carbons (Fsp3) is 0.818. The Balaban J connectivity index is 1.93. The van der Waals surface area contributed by atoms with E-state index in [0.717, 1.165) is 4.90 Å². The van der Waals surface area contributed by atoms with Crippen molar-refractivity contribution in [2.24, 2.45) is 0 Å². The molecule has 19 heavy (non-hydrogen) atoms. The normalized spacial score (nSPS) is 25.5. The fourth-order valence-electron chi connectivity index (χ4n) is 2.51. The van der Waals surface area contributed by atoms with Crippen molar-refractivity contribution in [3.63, 3.8) is 0 Å². The van der Waals surface area contributed by atoms with E-state index in [2.05, 4.69) is 5.32 Å². The van der Waals surface area contributed by atoms with Gasteiger partial charge in [-0.1, -0.05) is 0 Å². The van der Waals surface area contributed by atoms with Gasteiger partial charge in [-0.3, -0.25) is 14.5 Å². The van der Waals surface area contributed by atoms with E-state index in [1.54, 1.807) is 4.90 Å². The van der Waals surface area contributed by atoms with Gasteiger partial charge < -0.3 is 10.2 Å². The van der Waals surface area contributed by atoms with Crippen LogP contribution in [0.4, 0.5) is 13.2 Å². The zero-order chi connectivity index (χ0) is 14.0. The van der Waals surface area contributed by atoms with E-state index in [-0.39, 0.29) is 32.0 Å². The Morgan fingerprint density at radius 1 is 1.37 bits per heavy atom. The molecule has 2 aliphatic heterocycles. The van der Waals surface area contributed by atoms with Gasteiger partial charge in [0, 0.05) is 19.6 Å². The summed E-state index contributed by atoms with van der Waals surface area (Å²) in [5.41, 5.74) is 0. The minimum absolute atomic E-state index is 0.0320. The number of nitrogens with one attached hydrogen (secondary N) is 1. The Morgan fingerprint density at radius 3 is 2.74 bits per heavy atom. The van der Waals surface area contributed by atoms with E-state index in [0.29, 0.717) is 19.5 Å². The van der Waals surface area contributed by atoms with Gasteiger partial charge in [0.05, 0.1) is 13.1 Å². The molecule has 0 aromatic heterocycles. The number of rotatable bonds is 2. The van der Waals surface area contributed by atoms with Gasteiger partial charge in [-0.05, 0) is 12.8 Å². The van der Waals surface area contributed by atoms with E-state index in [1.165, 1.54) is 0 Å². The Labute approximate surface area is 108 Å². The molecule has 0 saturated carbocycles. The van der Waals surface area contributed by atoms with Gasteiger partial charge in [-0.2, -0.15) is 13.2 Å². The molecule has 2 heterocycles. The third-order valence-electron chi connectivity index (χ3n) is 3.43. The summed E-state index contributed by atoms with van der Waals surface area (Å²) in [6, 6.07) is -1.67. The lowest BCUT2D eigenvalue weighted by Crippen LogP contribution is -2.53. The van der Waals surface area contributed by atoms with Gasteiger partial charge in [-0.15, -0.1) is 0 Å². The average molecular weight is 279 g/mol. The van der Waals surface area contributed by atoms with Crippen molar-refractivity contribution in [2.45, 2.75) is 25.1 Å². The number of hydrogen-bond donors (Lipinski definition) is 1. The minimum Gasteiger partial charge on any atom is -0.354 e. The van der Waals surface area contributed by atoms with Crippen LogP contribution in [-0.4, -0.2) is 66.6 Å². The van der Waals surface area contributed by atoms with Gasteiger partial charge in [0.25, 0.3) is 0 Å². The van der Waals surface area contributed by atoms with Crippen LogP contribution in [0.2, 0.25) is 0 Å². The molecular weight excluding hydrogens is 263 g/mol. The first-order valence-corrected chi connectivity index (χ1v) is 6.23. The highest BCUT2D eigenvalue weighted by Crippen LogP contribution is 2.32. The molecule has 0 unspecified atom stereocenters. The summed E-state index contributed by atoms with van der Waals surface area (Å²) in [5, 5.41) is 2.60. The molecule has 2 amide bonds. The van der Waals surface area contributed by atoms with Gasteiger partial charge in [0.2, 0.25) is 11.8 Å². The van der Waals surface area contributed by atoms with Crippen LogP contribution in [0.25, 0.3) is 0 Å². The molecular formula is C11H16F3N3O2. The quantitative estimate of drug-likeness (QED) is 0.772. The first-order valence-electron chi connectivity index (χ1n) is 6.23. The number of halogens is 3. The molecule has 1 atom stereocenters. The standard InChI is InChI=1S/C11H16F3N3O2/c12-11(13,14)8-2-1-4-17(8)10(19)7-16-5-3-15-9(18)6-16/h8H,1-7H2,(H,15,18)/t8-/m0/s1. The molecule has 0 aromatic rings.